The maximum atomic E-state index is 2.34. The van der Waals surface area contributed by atoms with E-state index in [1.54, 1.807) is 0 Å². The molecule has 0 spiro atoms. The third-order valence-electron chi connectivity index (χ3n) is 5.44. The smallest absolute Gasteiger partial charge is 0.0786 e. The van der Waals surface area contributed by atoms with Gasteiger partial charge in [0.2, 0.25) is 0 Å². The van der Waals surface area contributed by atoms with Crippen LogP contribution in [0.15, 0.2) is 0 Å². The van der Waals surface area contributed by atoms with Crippen LogP contribution in [0.1, 0.15) is 118 Å². The molecular formula is C22H48BrN. The van der Waals surface area contributed by atoms with E-state index < -0.39 is 0 Å². The zero-order valence-corrected chi connectivity index (χ0v) is 19.1. The minimum Gasteiger partial charge on any atom is -1.00 e. The highest BCUT2D eigenvalue weighted by atomic mass is 79.9. The highest BCUT2D eigenvalue weighted by Gasteiger charge is 2.25. The summed E-state index contributed by atoms with van der Waals surface area (Å²) in [5.74, 6) is 0. The van der Waals surface area contributed by atoms with Gasteiger partial charge in [-0.3, -0.25) is 0 Å². The second kappa shape index (κ2) is 19.8. The van der Waals surface area contributed by atoms with Crippen LogP contribution >= 0.6 is 0 Å². The van der Waals surface area contributed by atoms with Crippen molar-refractivity contribution in [3.05, 3.63) is 0 Å². The molecule has 0 rings (SSSR count). The molecule has 0 aromatic heterocycles. The normalized spacial score (nSPS) is 11.5. The predicted octanol–water partition coefficient (Wildman–Crippen LogP) is 4.35. The molecule has 148 valence electrons. The lowest BCUT2D eigenvalue weighted by Gasteiger charge is -2.39. The molecule has 0 N–H and O–H groups in total. The quantitative estimate of drug-likeness (QED) is 0.235. The minimum atomic E-state index is 0. The second-order valence-corrected chi connectivity index (χ2v) is 7.77. The molecule has 0 saturated carbocycles. The van der Waals surface area contributed by atoms with Crippen LogP contribution < -0.4 is 17.0 Å². The van der Waals surface area contributed by atoms with E-state index in [0.29, 0.717) is 0 Å². The van der Waals surface area contributed by atoms with Gasteiger partial charge >= 0.3 is 0 Å². The lowest BCUT2D eigenvalue weighted by molar-refractivity contribution is -0.929. The molecule has 0 heterocycles. The van der Waals surface area contributed by atoms with Gasteiger partial charge in [-0.1, -0.05) is 66.2 Å². The Bertz CT molecular complexity index is 203. The summed E-state index contributed by atoms with van der Waals surface area (Å²) in [7, 11) is 0. The summed E-state index contributed by atoms with van der Waals surface area (Å²) in [6.07, 6.45) is 19.9. The molecular weight excluding hydrogens is 358 g/mol. The van der Waals surface area contributed by atoms with Gasteiger partial charge in [0, 0.05) is 0 Å². The average molecular weight is 407 g/mol. The standard InChI is InChI=1S/C22H48N.BrH/c1-5-9-13-14-18-22-23(19-15-10-6-2,20-16-11-7-3)21-17-12-8-4;/h5-22H2,1-4H3;1H/q+1;/p-1. The molecule has 0 fully saturated rings. The van der Waals surface area contributed by atoms with Gasteiger partial charge in [0.15, 0.2) is 0 Å². The zero-order valence-electron chi connectivity index (χ0n) is 17.6. The molecule has 0 bridgehead atoms. The Kier molecular flexibility index (Phi) is 22.0. The lowest BCUT2D eigenvalue weighted by Crippen LogP contribution is -3.00. The fraction of sp³-hybridized carbons (Fsp3) is 1.00. The second-order valence-electron chi connectivity index (χ2n) is 7.77. The zero-order chi connectivity index (χ0) is 17.2. The van der Waals surface area contributed by atoms with Crippen molar-refractivity contribution in [3.8, 4) is 0 Å². The first-order chi connectivity index (χ1) is 11.2. The van der Waals surface area contributed by atoms with Crippen LogP contribution in [0.25, 0.3) is 0 Å². The van der Waals surface area contributed by atoms with Gasteiger partial charge in [-0.25, -0.2) is 0 Å². The molecule has 2 heteroatoms. The van der Waals surface area contributed by atoms with Crippen LogP contribution in [0.3, 0.4) is 0 Å². The molecule has 0 atom stereocenters. The number of halogens is 1. The summed E-state index contributed by atoms with van der Waals surface area (Å²) in [5, 5.41) is 0. The number of rotatable bonds is 18. The summed E-state index contributed by atoms with van der Waals surface area (Å²) in [6, 6.07) is 0. The van der Waals surface area contributed by atoms with E-state index in [1.165, 1.54) is 121 Å². The van der Waals surface area contributed by atoms with E-state index in [2.05, 4.69) is 27.7 Å². The average Bonchev–Trinajstić information content (AvgIpc) is 2.55. The molecule has 0 radical (unpaired) electrons. The number of nitrogens with zero attached hydrogens (tertiary/aromatic N) is 1. The van der Waals surface area contributed by atoms with Gasteiger partial charge in [-0.2, -0.15) is 0 Å². The van der Waals surface area contributed by atoms with Gasteiger partial charge in [-0.05, 0) is 51.4 Å². The monoisotopic (exact) mass is 405 g/mol. The largest absolute Gasteiger partial charge is 1.00 e. The third-order valence-corrected chi connectivity index (χ3v) is 5.44. The Morgan fingerprint density at radius 2 is 0.625 bits per heavy atom. The van der Waals surface area contributed by atoms with Crippen molar-refractivity contribution in [2.24, 2.45) is 0 Å². The van der Waals surface area contributed by atoms with Crippen molar-refractivity contribution in [3.63, 3.8) is 0 Å². The molecule has 0 saturated heterocycles. The van der Waals surface area contributed by atoms with Gasteiger partial charge in [0.1, 0.15) is 0 Å². The van der Waals surface area contributed by atoms with Crippen LogP contribution in [0, 0.1) is 0 Å². The Labute approximate surface area is 165 Å². The number of hydrogen-bond acceptors (Lipinski definition) is 0. The Morgan fingerprint density at radius 3 is 0.958 bits per heavy atom. The highest BCUT2D eigenvalue weighted by Crippen LogP contribution is 2.18. The van der Waals surface area contributed by atoms with Crippen LogP contribution in [0.5, 0.6) is 0 Å². The van der Waals surface area contributed by atoms with Crippen LogP contribution in [-0.2, 0) is 0 Å². The fourth-order valence-electron chi connectivity index (χ4n) is 3.81. The topological polar surface area (TPSA) is 0 Å². The Hall–Kier alpha value is 0.440. The van der Waals surface area contributed by atoms with Crippen LogP contribution in [-0.4, -0.2) is 30.7 Å². The van der Waals surface area contributed by atoms with Crippen molar-refractivity contribution in [1.82, 2.24) is 0 Å². The first-order valence-corrected chi connectivity index (χ1v) is 11.1. The molecule has 0 aliphatic carbocycles. The van der Waals surface area contributed by atoms with E-state index >= 15 is 0 Å². The molecule has 0 aromatic carbocycles. The molecule has 0 aliphatic rings. The van der Waals surface area contributed by atoms with E-state index in [-0.39, 0.29) is 17.0 Å². The third kappa shape index (κ3) is 14.8. The van der Waals surface area contributed by atoms with Crippen molar-refractivity contribution in [2.45, 2.75) is 118 Å². The lowest BCUT2D eigenvalue weighted by atomic mass is 10.1. The SMILES string of the molecule is CCCCCCC[N+](CCCCC)(CCCCC)CCCCC.[Br-]. The van der Waals surface area contributed by atoms with Gasteiger partial charge in [0.25, 0.3) is 0 Å². The fourth-order valence-corrected chi connectivity index (χ4v) is 3.81. The van der Waals surface area contributed by atoms with Crippen molar-refractivity contribution in [2.75, 3.05) is 26.2 Å². The van der Waals surface area contributed by atoms with Gasteiger partial charge < -0.3 is 21.5 Å². The minimum absolute atomic E-state index is 0. The first-order valence-electron chi connectivity index (χ1n) is 11.1. The highest BCUT2D eigenvalue weighted by molar-refractivity contribution is 4.52. The van der Waals surface area contributed by atoms with Crippen molar-refractivity contribution in [1.29, 1.82) is 0 Å². The molecule has 24 heavy (non-hydrogen) atoms. The maximum Gasteiger partial charge on any atom is 0.0786 e. The summed E-state index contributed by atoms with van der Waals surface area (Å²) in [4.78, 5) is 0. The van der Waals surface area contributed by atoms with Crippen LogP contribution in [0.4, 0.5) is 0 Å². The van der Waals surface area contributed by atoms with E-state index in [9.17, 15) is 0 Å². The number of unbranched alkanes of at least 4 members (excludes halogenated alkanes) is 10. The van der Waals surface area contributed by atoms with Crippen molar-refractivity contribution < 1.29 is 21.5 Å². The van der Waals surface area contributed by atoms with Crippen LogP contribution in [0.2, 0.25) is 0 Å². The van der Waals surface area contributed by atoms with Gasteiger partial charge in [-0.15, -0.1) is 0 Å². The molecule has 0 amide bonds. The summed E-state index contributed by atoms with van der Waals surface area (Å²) in [6.45, 7) is 15.2. The Morgan fingerprint density at radius 1 is 0.375 bits per heavy atom. The first kappa shape index (κ1) is 26.7. The summed E-state index contributed by atoms with van der Waals surface area (Å²) >= 11 is 0. The van der Waals surface area contributed by atoms with E-state index in [4.69, 9.17) is 0 Å². The molecule has 0 aromatic rings. The molecule has 1 nitrogen and oxygen atoms in total. The molecule has 0 aliphatic heterocycles. The Balaban J connectivity index is 0. The molecule has 0 unspecified atom stereocenters. The maximum absolute atomic E-state index is 2.34. The summed E-state index contributed by atoms with van der Waals surface area (Å²) in [5.41, 5.74) is 0. The summed E-state index contributed by atoms with van der Waals surface area (Å²) < 4.78 is 1.45. The van der Waals surface area contributed by atoms with Crippen molar-refractivity contribution >= 4 is 0 Å². The van der Waals surface area contributed by atoms with E-state index in [0.717, 1.165) is 0 Å². The van der Waals surface area contributed by atoms with E-state index in [1.807, 2.05) is 0 Å². The number of hydrogen-bond donors (Lipinski definition) is 0. The predicted molar refractivity (Wildman–Crippen MR) is 107 cm³/mol. The number of quaternary nitrogens is 1. The van der Waals surface area contributed by atoms with Gasteiger partial charge in [0.05, 0.1) is 26.2 Å².